The predicted octanol–water partition coefficient (Wildman–Crippen LogP) is 2.62. The van der Waals surface area contributed by atoms with Crippen molar-refractivity contribution in [2.24, 2.45) is 0 Å². The molecule has 0 aliphatic rings. The number of aromatic nitrogens is 2. The van der Waals surface area contributed by atoms with Gasteiger partial charge in [0.05, 0.1) is 4.92 Å². The van der Waals surface area contributed by atoms with Gasteiger partial charge in [-0.2, -0.15) is 0 Å². The number of anilines is 3. The first-order valence-electron chi connectivity index (χ1n) is 5.93. The third-order valence-electron chi connectivity index (χ3n) is 2.44. The normalized spacial score (nSPS) is 10.5. The minimum absolute atomic E-state index is 0.132. The summed E-state index contributed by atoms with van der Waals surface area (Å²) in [6.45, 7) is 0. The summed E-state index contributed by atoms with van der Waals surface area (Å²) < 4.78 is 1.07. The van der Waals surface area contributed by atoms with Crippen molar-refractivity contribution in [2.45, 2.75) is 0 Å². The fourth-order valence-electron chi connectivity index (χ4n) is 1.61. The second kappa shape index (κ2) is 6.63. The second-order valence-electron chi connectivity index (χ2n) is 4.31. The van der Waals surface area contributed by atoms with Gasteiger partial charge in [0.15, 0.2) is 0 Å². The van der Waals surface area contributed by atoms with E-state index in [1.165, 1.54) is 6.33 Å². The highest BCUT2D eigenvalue weighted by atomic mass is 127. The molecular formula is C12H13IN6O2. The minimum atomic E-state index is -0.513. The van der Waals surface area contributed by atoms with E-state index in [4.69, 9.17) is 0 Å². The van der Waals surface area contributed by atoms with Crippen molar-refractivity contribution in [3.05, 3.63) is 44.3 Å². The Morgan fingerprint density at radius 2 is 1.81 bits per heavy atom. The molecule has 110 valence electrons. The second-order valence-corrected chi connectivity index (χ2v) is 5.56. The molecule has 1 aromatic carbocycles. The lowest BCUT2D eigenvalue weighted by Gasteiger charge is -2.14. The predicted molar refractivity (Wildman–Crippen MR) is 88.4 cm³/mol. The third-order valence-corrected chi connectivity index (χ3v) is 3.16. The lowest BCUT2D eigenvalue weighted by atomic mass is 10.3. The van der Waals surface area contributed by atoms with Gasteiger partial charge in [0.25, 0.3) is 0 Å². The molecule has 0 aliphatic carbocycles. The van der Waals surface area contributed by atoms with E-state index in [0.29, 0.717) is 5.69 Å². The average molecular weight is 400 g/mol. The summed E-state index contributed by atoms with van der Waals surface area (Å²) in [5.74, 6) is 0.272. The van der Waals surface area contributed by atoms with Crippen LogP contribution in [-0.4, -0.2) is 34.0 Å². The fraction of sp³-hybridized carbons (Fsp3) is 0.167. The highest BCUT2D eigenvalue weighted by Crippen LogP contribution is 2.31. The van der Waals surface area contributed by atoms with Gasteiger partial charge in [-0.3, -0.25) is 15.5 Å². The van der Waals surface area contributed by atoms with E-state index < -0.39 is 4.92 Å². The largest absolute Gasteiger partial charge is 0.354 e. The molecule has 0 spiro atoms. The number of benzene rings is 1. The zero-order valence-corrected chi connectivity index (χ0v) is 13.5. The van der Waals surface area contributed by atoms with E-state index >= 15 is 0 Å². The molecule has 0 saturated carbocycles. The molecule has 0 atom stereocenters. The van der Waals surface area contributed by atoms with E-state index in [0.717, 1.165) is 3.57 Å². The van der Waals surface area contributed by atoms with Gasteiger partial charge in [-0.15, -0.1) is 0 Å². The molecule has 2 N–H and O–H groups in total. The molecule has 0 aliphatic heterocycles. The molecule has 21 heavy (non-hydrogen) atoms. The van der Waals surface area contributed by atoms with Crippen LogP contribution in [0.4, 0.5) is 23.0 Å². The van der Waals surface area contributed by atoms with Crippen LogP contribution in [0.5, 0.6) is 0 Å². The molecule has 0 bridgehead atoms. The topological polar surface area (TPSA) is 96.2 Å². The van der Waals surface area contributed by atoms with Crippen molar-refractivity contribution in [2.75, 3.05) is 24.8 Å². The molecule has 9 heteroatoms. The molecule has 0 amide bonds. The maximum absolute atomic E-state index is 11.3. The molecule has 0 unspecified atom stereocenters. The van der Waals surface area contributed by atoms with Gasteiger partial charge >= 0.3 is 5.69 Å². The zero-order valence-electron chi connectivity index (χ0n) is 11.4. The van der Waals surface area contributed by atoms with Crippen LogP contribution >= 0.6 is 22.6 Å². The van der Waals surface area contributed by atoms with Crippen LogP contribution in [0.3, 0.4) is 0 Å². The number of hydrazine groups is 1. The first-order chi connectivity index (χ1) is 9.97. The lowest BCUT2D eigenvalue weighted by molar-refractivity contribution is -0.383. The first kappa shape index (κ1) is 15.4. The molecular weight excluding hydrogens is 387 g/mol. The maximum atomic E-state index is 11.3. The Morgan fingerprint density at radius 3 is 2.38 bits per heavy atom. The number of nitrogens with zero attached hydrogens (tertiary/aromatic N) is 4. The zero-order chi connectivity index (χ0) is 15.4. The van der Waals surface area contributed by atoms with E-state index in [1.807, 2.05) is 24.3 Å². The Bertz CT molecular complexity index is 647. The smallest absolute Gasteiger partial charge is 0.334 e. The van der Waals surface area contributed by atoms with Crippen molar-refractivity contribution in [3.63, 3.8) is 0 Å². The summed E-state index contributed by atoms with van der Waals surface area (Å²) >= 11 is 2.19. The van der Waals surface area contributed by atoms with E-state index in [1.54, 1.807) is 19.1 Å². The Morgan fingerprint density at radius 1 is 1.19 bits per heavy atom. The number of nitrogens with one attached hydrogen (secondary N) is 2. The Balaban J connectivity index is 2.38. The molecule has 2 aromatic rings. The van der Waals surface area contributed by atoms with Gasteiger partial charge in [0.1, 0.15) is 6.33 Å². The van der Waals surface area contributed by atoms with Crippen LogP contribution in [0.25, 0.3) is 0 Å². The maximum Gasteiger partial charge on any atom is 0.354 e. The van der Waals surface area contributed by atoms with E-state index in [9.17, 15) is 10.1 Å². The van der Waals surface area contributed by atoms with Crippen LogP contribution in [0.2, 0.25) is 0 Å². The number of hydrogen-bond acceptors (Lipinski definition) is 7. The van der Waals surface area contributed by atoms with Gasteiger partial charge < -0.3 is 5.32 Å². The average Bonchev–Trinajstić information content (AvgIpc) is 2.40. The summed E-state index contributed by atoms with van der Waals surface area (Å²) in [6.07, 6.45) is 1.27. The Kier molecular flexibility index (Phi) is 4.85. The number of nitro groups is 1. The molecule has 0 fully saturated rings. The van der Waals surface area contributed by atoms with Gasteiger partial charge in [-0.25, -0.2) is 15.0 Å². The monoisotopic (exact) mass is 400 g/mol. The van der Waals surface area contributed by atoms with Crippen LogP contribution < -0.4 is 10.7 Å². The summed E-state index contributed by atoms with van der Waals surface area (Å²) in [5, 5.41) is 15.8. The van der Waals surface area contributed by atoms with Crippen molar-refractivity contribution < 1.29 is 4.92 Å². The highest BCUT2D eigenvalue weighted by Gasteiger charge is 2.23. The summed E-state index contributed by atoms with van der Waals surface area (Å²) in [7, 11) is 3.44. The van der Waals surface area contributed by atoms with Crippen LogP contribution in [0.1, 0.15) is 0 Å². The Labute approximate surface area is 134 Å². The third kappa shape index (κ3) is 3.98. The summed E-state index contributed by atoms with van der Waals surface area (Å²) in [5.41, 5.74) is 3.30. The minimum Gasteiger partial charge on any atom is -0.334 e. The summed E-state index contributed by atoms with van der Waals surface area (Å²) in [6, 6.07) is 7.45. The van der Waals surface area contributed by atoms with Crippen LogP contribution in [0.15, 0.2) is 30.6 Å². The van der Waals surface area contributed by atoms with Crippen molar-refractivity contribution in [3.8, 4) is 0 Å². The van der Waals surface area contributed by atoms with E-state index in [-0.39, 0.29) is 17.3 Å². The standard InChI is InChI=1S/C12H13IN6O2/c1-18(2)17-12-10(19(20)21)11(14-7-15-12)16-9-5-3-8(13)4-6-9/h3-7H,1-2H3,(H2,14,15,16,17). The summed E-state index contributed by atoms with van der Waals surface area (Å²) in [4.78, 5) is 18.7. The lowest BCUT2D eigenvalue weighted by Crippen LogP contribution is -2.21. The quantitative estimate of drug-likeness (QED) is 0.453. The van der Waals surface area contributed by atoms with Crippen molar-refractivity contribution in [1.29, 1.82) is 0 Å². The molecule has 0 radical (unpaired) electrons. The van der Waals surface area contributed by atoms with Crippen molar-refractivity contribution >= 4 is 45.6 Å². The molecule has 2 rings (SSSR count). The SMILES string of the molecule is CN(C)Nc1ncnc(Nc2ccc(I)cc2)c1[N+](=O)[O-]. The van der Waals surface area contributed by atoms with Gasteiger partial charge in [0.2, 0.25) is 11.6 Å². The van der Waals surface area contributed by atoms with Gasteiger partial charge in [-0.05, 0) is 46.9 Å². The number of rotatable bonds is 5. The molecule has 0 saturated heterocycles. The molecule has 1 heterocycles. The molecule has 1 aromatic heterocycles. The van der Waals surface area contributed by atoms with Crippen LogP contribution in [0, 0.1) is 13.7 Å². The van der Waals surface area contributed by atoms with E-state index in [2.05, 4.69) is 43.3 Å². The number of hydrogen-bond donors (Lipinski definition) is 2. The number of halogens is 1. The first-order valence-corrected chi connectivity index (χ1v) is 7.01. The van der Waals surface area contributed by atoms with Crippen LogP contribution in [-0.2, 0) is 0 Å². The van der Waals surface area contributed by atoms with Crippen molar-refractivity contribution in [1.82, 2.24) is 15.0 Å². The Hall–Kier alpha value is -2.01. The van der Waals surface area contributed by atoms with Gasteiger partial charge in [-0.1, -0.05) is 0 Å². The highest BCUT2D eigenvalue weighted by molar-refractivity contribution is 14.1. The fourth-order valence-corrected chi connectivity index (χ4v) is 1.97. The van der Waals surface area contributed by atoms with Gasteiger partial charge in [0, 0.05) is 23.4 Å². The molecule has 8 nitrogen and oxygen atoms in total.